The van der Waals surface area contributed by atoms with Crippen LogP contribution in [-0.4, -0.2) is 24.0 Å². The van der Waals surface area contributed by atoms with Gasteiger partial charge < -0.3 is 5.73 Å². The molecule has 2 N–H and O–H groups in total. The summed E-state index contributed by atoms with van der Waals surface area (Å²) in [7, 11) is 0. The predicted molar refractivity (Wildman–Crippen MR) is 70.6 cm³/mol. The molecule has 1 aliphatic heterocycles. The zero-order valence-electron chi connectivity index (χ0n) is 10.7. The molecule has 0 radical (unpaired) electrons. The van der Waals surface area contributed by atoms with Gasteiger partial charge in [-0.05, 0) is 50.8 Å². The van der Waals surface area contributed by atoms with Gasteiger partial charge in [-0.1, -0.05) is 18.2 Å². The fourth-order valence-corrected chi connectivity index (χ4v) is 3.31. The molecule has 2 atom stereocenters. The summed E-state index contributed by atoms with van der Waals surface area (Å²) in [6, 6.07) is 8.07. The van der Waals surface area contributed by atoms with Crippen LogP contribution in [0.25, 0.3) is 0 Å². The lowest BCUT2D eigenvalue weighted by Gasteiger charge is -2.41. The standard InChI is InChI=1S/C15H21FN2/c16-14-6-2-1-5-13(14)15-11(10-17)4-3-9-18(15)12-7-8-12/h1-2,5-6,11-12,15H,3-4,7-10,17H2. The van der Waals surface area contributed by atoms with Crippen LogP contribution < -0.4 is 5.73 Å². The second kappa shape index (κ2) is 4.98. The van der Waals surface area contributed by atoms with Gasteiger partial charge in [0.1, 0.15) is 5.82 Å². The van der Waals surface area contributed by atoms with E-state index >= 15 is 0 Å². The maximum absolute atomic E-state index is 14.1. The van der Waals surface area contributed by atoms with E-state index in [9.17, 15) is 4.39 Å². The number of halogens is 1. The first-order valence-corrected chi connectivity index (χ1v) is 7.01. The summed E-state index contributed by atoms with van der Waals surface area (Å²) in [6.45, 7) is 1.75. The third-order valence-corrected chi connectivity index (χ3v) is 4.34. The van der Waals surface area contributed by atoms with Gasteiger partial charge in [-0.25, -0.2) is 4.39 Å². The molecule has 2 unspecified atom stereocenters. The summed E-state index contributed by atoms with van der Waals surface area (Å²) in [5.74, 6) is 0.324. The first-order valence-electron chi connectivity index (χ1n) is 7.01. The van der Waals surface area contributed by atoms with Gasteiger partial charge in [0.15, 0.2) is 0 Å². The Balaban J connectivity index is 1.94. The van der Waals surface area contributed by atoms with Crippen molar-refractivity contribution in [3.05, 3.63) is 35.6 Å². The van der Waals surface area contributed by atoms with Crippen molar-refractivity contribution in [3.63, 3.8) is 0 Å². The fraction of sp³-hybridized carbons (Fsp3) is 0.600. The number of piperidine rings is 1. The van der Waals surface area contributed by atoms with Gasteiger partial charge in [0.2, 0.25) is 0 Å². The van der Waals surface area contributed by atoms with Gasteiger partial charge >= 0.3 is 0 Å². The molecule has 3 heteroatoms. The van der Waals surface area contributed by atoms with E-state index in [4.69, 9.17) is 5.73 Å². The lowest BCUT2D eigenvalue weighted by molar-refractivity contribution is 0.0853. The molecule has 3 rings (SSSR count). The second-order valence-corrected chi connectivity index (χ2v) is 5.57. The molecular formula is C15H21FN2. The molecule has 1 aliphatic carbocycles. The van der Waals surface area contributed by atoms with Crippen molar-refractivity contribution in [2.75, 3.05) is 13.1 Å². The molecule has 1 aromatic rings. The van der Waals surface area contributed by atoms with Gasteiger partial charge in [-0.2, -0.15) is 0 Å². The first kappa shape index (κ1) is 12.1. The minimum Gasteiger partial charge on any atom is -0.330 e. The Morgan fingerprint density at radius 2 is 2.00 bits per heavy atom. The molecule has 1 saturated carbocycles. The number of benzene rings is 1. The van der Waals surface area contributed by atoms with Crippen molar-refractivity contribution in [1.82, 2.24) is 4.90 Å². The Morgan fingerprint density at radius 3 is 2.67 bits per heavy atom. The average molecular weight is 248 g/mol. The fourth-order valence-electron chi connectivity index (χ4n) is 3.31. The van der Waals surface area contributed by atoms with E-state index in [1.165, 1.54) is 19.3 Å². The van der Waals surface area contributed by atoms with Crippen molar-refractivity contribution >= 4 is 0 Å². The number of likely N-dealkylation sites (tertiary alicyclic amines) is 1. The summed E-state index contributed by atoms with van der Waals surface area (Å²) >= 11 is 0. The smallest absolute Gasteiger partial charge is 0.127 e. The van der Waals surface area contributed by atoms with Crippen molar-refractivity contribution in [3.8, 4) is 0 Å². The second-order valence-electron chi connectivity index (χ2n) is 5.57. The quantitative estimate of drug-likeness (QED) is 0.891. The third-order valence-electron chi connectivity index (χ3n) is 4.34. The summed E-state index contributed by atoms with van der Waals surface area (Å²) in [5.41, 5.74) is 6.76. The normalized spacial score (nSPS) is 29.4. The Labute approximate surface area is 108 Å². The van der Waals surface area contributed by atoms with Gasteiger partial charge in [0.25, 0.3) is 0 Å². The first-order chi connectivity index (χ1) is 8.81. The van der Waals surface area contributed by atoms with Gasteiger partial charge in [-0.3, -0.25) is 4.90 Å². The Kier molecular flexibility index (Phi) is 3.35. The largest absolute Gasteiger partial charge is 0.330 e. The molecule has 0 bridgehead atoms. The molecule has 0 spiro atoms. The van der Waals surface area contributed by atoms with Crippen LogP contribution in [0.2, 0.25) is 0 Å². The highest BCUT2D eigenvalue weighted by Crippen LogP contribution is 2.43. The van der Waals surface area contributed by atoms with Crippen LogP contribution >= 0.6 is 0 Å². The average Bonchev–Trinajstić information content (AvgIpc) is 3.23. The van der Waals surface area contributed by atoms with E-state index in [-0.39, 0.29) is 11.9 Å². The number of hydrogen-bond donors (Lipinski definition) is 1. The molecule has 1 heterocycles. The van der Waals surface area contributed by atoms with Gasteiger partial charge in [-0.15, -0.1) is 0 Å². The van der Waals surface area contributed by atoms with Crippen molar-refractivity contribution in [1.29, 1.82) is 0 Å². The lowest BCUT2D eigenvalue weighted by atomic mass is 9.84. The van der Waals surface area contributed by atoms with E-state index in [2.05, 4.69) is 4.90 Å². The molecule has 1 aromatic carbocycles. The highest BCUT2D eigenvalue weighted by atomic mass is 19.1. The van der Waals surface area contributed by atoms with Crippen LogP contribution in [-0.2, 0) is 0 Å². The van der Waals surface area contributed by atoms with Crippen LogP contribution in [0.4, 0.5) is 4.39 Å². The van der Waals surface area contributed by atoms with E-state index in [1.807, 2.05) is 12.1 Å². The minimum atomic E-state index is -0.0755. The highest BCUT2D eigenvalue weighted by molar-refractivity contribution is 5.23. The lowest BCUT2D eigenvalue weighted by Crippen LogP contribution is -2.43. The van der Waals surface area contributed by atoms with Crippen LogP contribution in [0.3, 0.4) is 0 Å². The van der Waals surface area contributed by atoms with Crippen molar-refractivity contribution in [2.45, 2.75) is 37.8 Å². The molecule has 2 fully saturated rings. The van der Waals surface area contributed by atoms with Gasteiger partial charge in [0.05, 0.1) is 0 Å². The van der Waals surface area contributed by atoms with Crippen molar-refractivity contribution < 1.29 is 4.39 Å². The van der Waals surface area contributed by atoms with Crippen LogP contribution in [0.1, 0.15) is 37.3 Å². The number of hydrogen-bond acceptors (Lipinski definition) is 2. The van der Waals surface area contributed by atoms with Gasteiger partial charge in [0, 0.05) is 17.6 Å². The SMILES string of the molecule is NCC1CCCN(C2CC2)C1c1ccccc1F. The van der Waals surface area contributed by atoms with Crippen LogP contribution in [0, 0.1) is 11.7 Å². The zero-order valence-corrected chi connectivity index (χ0v) is 10.7. The van der Waals surface area contributed by atoms with Crippen LogP contribution in [0.15, 0.2) is 24.3 Å². The summed E-state index contributed by atoms with van der Waals surface area (Å²) < 4.78 is 14.1. The molecule has 98 valence electrons. The minimum absolute atomic E-state index is 0.0755. The highest BCUT2D eigenvalue weighted by Gasteiger charge is 2.40. The molecule has 0 amide bonds. The molecule has 18 heavy (non-hydrogen) atoms. The summed E-state index contributed by atoms with van der Waals surface area (Å²) in [5, 5.41) is 0. The van der Waals surface area contributed by atoms with E-state index < -0.39 is 0 Å². The van der Waals surface area contributed by atoms with Crippen LogP contribution in [0.5, 0.6) is 0 Å². The number of rotatable bonds is 3. The molecule has 0 aromatic heterocycles. The molecule has 2 aliphatic rings. The number of nitrogens with two attached hydrogens (primary N) is 1. The topological polar surface area (TPSA) is 29.3 Å². The maximum atomic E-state index is 14.1. The van der Waals surface area contributed by atoms with E-state index in [0.717, 1.165) is 18.5 Å². The van der Waals surface area contributed by atoms with Crippen molar-refractivity contribution in [2.24, 2.45) is 11.7 Å². The monoisotopic (exact) mass is 248 g/mol. The Bertz CT molecular complexity index is 417. The predicted octanol–water partition coefficient (Wildman–Crippen LogP) is 2.70. The third kappa shape index (κ3) is 2.17. The Hall–Kier alpha value is -0.930. The molecule has 1 saturated heterocycles. The zero-order chi connectivity index (χ0) is 12.5. The summed E-state index contributed by atoms with van der Waals surface area (Å²) in [6.07, 6.45) is 4.85. The van der Waals surface area contributed by atoms with E-state index in [1.54, 1.807) is 12.1 Å². The van der Waals surface area contributed by atoms with E-state index in [0.29, 0.717) is 18.5 Å². The molecular weight excluding hydrogens is 227 g/mol. The summed E-state index contributed by atoms with van der Waals surface area (Å²) in [4.78, 5) is 2.50. The molecule has 2 nitrogen and oxygen atoms in total. The Morgan fingerprint density at radius 1 is 1.22 bits per heavy atom. The maximum Gasteiger partial charge on any atom is 0.127 e. The number of nitrogens with zero attached hydrogens (tertiary/aromatic N) is 1.